The van der Waals surface area contributed by atoms with Gasteiger partial charge in [-0.2, -0.15) is 0 Å². The molecule has 21 heavy (non-hydrogen) atoms. The number of hydrogen-bond acceptors (Lipinski definition) is 4. The Morgan fingerprint density at radius 1 is 1.33 bits per heavy atom. The Labute approximate surface area is 128 Å². The third-order valence-electron chi connectivity index (χ3n) is 4.50. The molecule has 2 rings (SSSR count). The van der Waals surface area contributed by atoms with Crippen molar-refractivity contribution in [1.29, 1.82) is 0 Å². The van der Waals surface area contributed by atoms with Gasteiger partial charge >= 0.3 is 0 Å². The standard InChI is InChI=1S/C17H29N3O/c1-19(2)16-5-4-10-20(12-16)17(11-18)15-8-6-14(7-9-15)13-21-3/h6-9,16-17H,4-5,10-13,18H2,1-3H3. The second kappa shape index (κ2) is 7.90. The van der Waals surface area contributed by atoms with Crippen LogP contribution in [0.2, 0.25) is 0 Å². The average Bonchev–Trinajstić information content (AvgIpc) is 2.50. The van der Waals surface area contributed by atoms with Gasteiger partial charge in [0.25, 0.3) is 0 Å². The molecule has 2 N–H and O–H groups in total. The van der Waals surface area contributed by atoms with Crippen LogP contribution >= 0.6 is 0 Å². The Morgan fingerprint density at radius 3 is 2.62 bits per heavy atom. The molecular formula is C17H29N3O. The second-order valence-corrected chi connectivity index (χ2v) is 6.18. The Morgan fingerprint density at radius 2 is 2.05 bits per heavy atom. The smallest absolute Gasteiger partial charge is 0.0713 e. The summed E-state index contributed by atoms with van der Waals surface area (Å²) >= 11 is 0. The lowest BCUT2D eigenvalue weighted by Crippen LogP contribution is -2.47. The monoisotopic (exact) mass is 291 g/mol. The maximum absolute atomic E-state index is 6.07. The summed E-state index contributed by atoms with van der Waals surface area (Å²) in [6.07, 6.45) is 2.54. The third-order valence-corrected chi connectivity index (χ3v) is 4.50. The average molecular weight is 291 g/mol. The Balaban J connectivity index is 2.07. The second-order valence-electron chi connectivity index (χ2n) is 6.18. The van der Waals surface area contributed by atoms with E-state index in [0.29, 0.717) is 25.2 Å². The van der Waals surface area contributed by atoms with Gasteiger partial charge in [0, 0.05) is 32.3 Å². The summed E-state index contributed by atoms with van der Waals surface area (Å²) in [4.78, 5) is 4.88. The van der Waals surface area contributed by atoms with Crippen LogP contribution in [0.25, 0.3) is 0 Å². The van der Waals surface area contributed by atoms with E-state index in [2.05, 4.69) is 48.2 Å². The number of nitrogens with zero attached hydrogens (tertiary/aromatic N) is 2. The first-order valence-electron chi connectivity index (χ1n) is 7.84. The predicted molar refractivity (Wildman–Crippen MR) is 87.2 cm³/mol. The SMILES string of the molecule is COCc1ccc(C(CN)N2CCCC(N(C)C)C2)cc1. The zero-order chi connectivity index (χ0) is 15.2. The maximum Gasteiger partial charge on any atom is 0.0713 e. The van der Waals surface area contributed by atoms with Crippen molar-refractivity contribution < 1.29 is 4.74 Å². The third kappa shape index (κ3) is 4.27. The number of piperidine rings is 1. The Bertz CT molecular complexity index is 419. The summed E-state index contributed by atoms with van der Waals surface area (Å²) < 4.78 is 5.17. The highest BCUT2D eigenvalue weighted by Crippen LogP contribution is 2.25. The highest BCUT2D eigenvalue weighted by molar-refractivity contribution is 5.25. The van der Waals surface area contributed by atoms with Crippen LogP contribution in [-0.2, 0) is 11.3 Å². The summed E-state index contributed by atoms with van der Waals surface area (Å²) in [5.74, 6) is 0. The van der Waals surface area contributed by atoms with Gasteiger partial charge in [-0.25, -0.2) is 0 Å². The Hall–Kier alpha value is -0.940. The number of ether oxygens (including phenoxy) is 1. The van der Waals surface area contributed by atoms with E-state index in [0.717, 1.165) is 13.1 Å². The van der Waals surface area contributed by atoms with E-state index in [4.69, 9.17) is 10.5 Å². The molecule has 1 heterocycles. The van der Waals surface area contributed by atoms with Crippen molar-refractivity contribution in [2.45, 2.75) is 31.5 Å². The van der Waals surface area contributed by atoms with E-state index in [1.165, 1.54) is 24.0 Å². The molecule has 1 fully saturated rings. The van der Waals surface area contributed by atoms with E-state index >= 15 is 0 Å². The van der Waals surface area contributed by atoms with E-state index < -0.39 is 0 Å². The fourth-order valence-electron chi connectivity index (χ4n) is 3.19. The lowest BCUT2D eigenvalue weighted by Gasteiger charge is -2.40. The molecule has 0 aliphatic carbocycles. The first-order chi connectivity index (χ1) is 10.2. The molecule has 0 bridgehead atoms. The molecule has 1 saturated heterocycles. The topological polar surface area (TPSA) is 41.7 Å². The van der Waals surface area contributed by atoms with Crippen LogP contribution in [0.1, 0.15) is 30.0 Å². The molecule has 1 aliphatic heterocycles. The molecule has 0 amide bonds. The van der Waals surface area contributed by atoms with E-state index in [-0.39, 0.29) is 0 Å². The number of likely N-dealkylation sites (tertiary alicyclic amines) is 1. The van der Waals surface area contributed by atoms with Gasteiger partial charge in [-0.15, -0.1) is 0 Å². The largest absolute Gasteiger partial charge is 0.380 e. The van der Waals surface area contributed by atoms with E-state index in [1.54, 1.807) is 7.11 Å². The summed E-state index contributed by atoms with van der Waals surface area (Å²) in [5.41, 5.74) is 8.60. The number of nitrogens with two attached hydrogens (primary N) is 1. The van der Waals surface area contributed by atoms with E-state index in [9.17, 15) is 0 Å². The molecule has 1 aromatic carbocycles. The van der Waals surface area contributed by atoms with Gasteiger partial charge in [-0.05, 0) is 44.6 Å². The number of rotatable bonds is 6. The fourth-order valence-corrected chi connectivity index (χ4v) is 3.19. The molecule has 1 aromatic rings. The van der Waals surface area contributed by atoms with Crippen LogP contribution < -0.4 is 5.73 Å². The summed E-state index contributed by atoms with van der Waals surface area (Å²) in [5, 5.41) is 0. The maximum atomic E-state index is 6.07. The Kier molecular flexibility index (Phi) is 6.18. The molecule has 0 aromatic heterocycles. The molecule has 1 aliphatic rings. The molecule has 0 spiro atoms. The van der Waals surface area contributed by atoms with Crippen molar-refractivity contribution in [3.05, 3.63) is 35.4 Å². The number of methoxy groups -OCH3 is 1. The molecule has 4 nitrogen and oxygen atoms in total. The van der Waals surface area contributed by atoms with Gasteiger partial charge in [0.15, 0.2) is 0 Å². The van der Waals surface area contributed by atoms with E-state index in [1.807, 2.05) is 0 Å². The van der Waals surface area contributed by atoms with Crippen LogP contribution in [0.15, 0.2) is 24.3 Å². The number of benzene rings is 1. The fraction of sp³-hybridized carbons (Fsp3) is 0.647. The zero-order valence-electron chi connectivity index (χ0n) is 13.6. The van der Waals surface area contributed by atoms with Crippen molar-refractivity contribution in [2.24, 2.45) is 5.73 Å². The molecule has 0 saturated carbocycles. The minimum Gasteiger partial charge on any atom is -0.380 e. The van der Waals surface area contributed by atoms with Gasteiger partial charge in [-0.3, -0.25) is 4.90 Å². The summed E-state index contributed by atoms with van der Waals surface area (Å²) in [6.45, 7) is 3.59. The van der Waals surface area contributed by atoms with Crippen LogP contribution in [0.5, 0.6) is 0 Å². The van der Waals surface area contributed by atoms with Crippen LogP contribution in [0.4, 0.5) is 0 Å². The first-order valence-corrected chi connectivity index (χ1v) is 7.84. The van der Waals surface area contributed by atoms with Crippen molar-refractivity contribution in [1.82, 2.24) is 9.80 Å². The zero-order valence-corrected chi connectivity index (χ0v) is 13.6. The highest BCUT2D eigenvalue weighted by Gasteiger charge is 2.26. The minimum absolute atomic E-state index is 0.323. The van der Waals surface area contributed by atoms with Gasteiger partial charge in [-0.1, -0.05) is 24.3 Å². The van der Waals surface area contributed by atoms with Crippen LogP contribution in [0, 0.1) is 0 Å². The highest BCUT2D eigenvalue weighted by atomic mass is 16.5. The normalized spacial score (nSPS) is 21.7. The molecule has 118 valence electrons. The van der Waals surface area contributed by atoms with Gasteiger partial charge < -0.3 is 15.4 Å². The number of hydrogen-bond donors (Lipinski definition) is 1. The van der Waals surface area contributed by atoms with Gasteiger partial charge in [0.1, 0.15) is 0 Å². The summed E-state index contributed by atoms with van der Waals surface area (Å²) in [6, 6.07) is 9.66. The van der Waals surface area contributed by atoms with Crippen molar-refractivity contribution in [3.63, 3.8) is 0 Å². The molecule has 2 unspecified atom stereocenters. The summed E-state index contributed by atoms with van der Waals surface area (Å²) in [7, 11) is 6.07. The first kappa shape index (κ1) is 16.4. The quantitative estimate of drug-likeness (QED) is 0.868. The van der Waals surface area contributed by atoms with Gasteiger partial charge in [0.2, 0.25) is 0 Å². The number of likely N-dealkylation sites (N-methyl/N-ethyl adjacent to an activating group) is 1. The van der Waals surface area contributed by atoms with Crippen molar-refractivity contribution in [2.75, 3.05) is 40.8 Å². The van der Waals surface area contributed by atoms with Crippen molar-refractivity contribution >= 4 is 0 Å². The van der Waals surface area contributed by atoms with Crippen LogP contribution in [0.3, 0.4) is 0 Å². The van der Waals surface area contributed by atoms with Crippen LogP contribution in [-0.4, -0.2) is 56.7 Å². The predicted octanol–water partition coefficient (Wildman–Crippen LogP) is 1.86. The van der Waals surface area contributed by atoms with Crippen molar-refractivity contribution in [3.8, 4) is 0 Å². The lowest BCUT2D eigenvalue weighted by atomic mass is 9.98. The molecule has 0 radical (unpaired) electrons. The molecule has 4 heteroatoms. The molecular weight excluding hydrogens is 262 g/mol. The molecule has 2 atom stereocenters. The van der Waals surface area contributed by atoms with Gasteiger partial charge in [0.05, 0.1) is 6.61 Å². The minimum atomic E-state index is 0.323. The lowest BCUT2D eigenvalue weighted by molar-refractivity contribution is 0.0984.